The first-order valence-electron chi connectivity index (χ1n) is 7.75. The molecule has 1 aliphatic rings. The van der Waals surface area contributed by atoms with E-state index in [-0.39, 0.29) is 5.54 Å². The van der Waals surface area contributed by atoms with Crippen LogP contribution in [-0.2, 0) is 11.1 Å². The molecule has 1 aliphatic carbocycles. The second kappa shape index (κ2) is 6.91. The monoisotopic (exact) mass is 296 g/mol. The molecule has 2 aromatic rings. The summed E-state index contributed by atoms with van der Waals surface area (Å²) in [5.41, 5.74) is 1.54. The predicted molar refractivity (Wildman–Crippen MR) is 88.2 cm³/mol. The molecule has 0 atom stereocenters. The van der Waals surface area contributed by atoms with Crippen molar-refractivity contribution in [3.63, 3.8) is 0 Å². The summed E-state index contributed by atoms with van der Waals surface area (Å²) in [5, 5.41) is 12.9. The van der Waals surface area contributed by atoms with Gasteiger partial charge in [0.25, 0.3) is 0 Å². The van der Waals surface area contributed by atoms with Crippen molar-refractivity contribution in [2.45, 2.75) is 44.8 Å². The van der Waals surface area contributed by atoms with Gasteiger partial charge >= 0.3 is 0 Å². The molecular formula is C19H24N2O. The molecule has 3 heteroatoms. The van der Waals surface area contributed by atoms with Gasteiger partial charge in [-0.1, -0.05) is 25.1 Å². The number of hydrogen-bond acceptors (Lipinski definition) is 3. The number of nitrogens with zero attached hydrogens (tertiary/aromatic N) is 1. The van der Waals surface area contributed by atoms with E-state index in [4.69, 9.17) is 0 Å². The van der Waals surface area contributed by atoms with E-state index in [1.54, 1.807) is 12.1 Å². The van der Waals surface area contributed by atoms with Crippen LogP contribution in [0.5, 0.6) is 0 Å². The summed E-state index contributed by atoms with van der Waals surface area (Å²) in [6.07, 6.45) is 3.62. The Hall–Kier alpha value is -1.89. The fraction of sp³-hybridized carbons (Fsp3) is 0.421. The van der Waals surface area contributed by atoms with Gasteiger partial charge in [0.15, 0.2) is 0 Å². The van der Waals surface area contributed by atoms with Crippen molar-refractivity contribution in [2.75, 3.05) is 6.54 Å². The Kier molecular flexibility index (Phi) is 5.18. The number of aromatic nitrogens is 1. The lowest BCUT2D eigenvalue weighted by Crippen LogP contribution is -2.36. The molecule has 3 nitrogen and oxygen atoms in total. The summed E-state index contributed by atoms with van der Waals surface area (Å²) in [5.74, 6) is 0. The van der Waals surface area contributed by atoms with Crippen LogP contribution in [-0.4, -0.2) is 16.6 Å². The molecule has 22 heavy (non-hydrogen) atoms. The Labute approximate surface area is 133 Å². The van der Waals surface area contributed by atoms with E-state index in [0.29, 0.717) is 0 Å². The first-order chi connectivity index (χ1) is 10.5. The highest BCUT2D eigenvalue weighted by Gasteiger charge is 2.41. The van der Waals surface area contributed by atoms with Crippen LogP contribution in [0.1, 0.15) is 44.9 Å². The highest BCUT2D eigenvalue weighted by molar-refractivity contribution is 5.24. The minimum absolute atomic E-state index is 0.0178. The number of hydrogen-bond donors (Lipinski definition) is 2. The van der Waals surface area contributed by atoms with Gasteiger partial charge in [-0.3, -0.25) is 4.98 Å². The predicted octanol–water partition coefficient (Wildman–Crippen LogP) is 3.19. The molecule has 3 rings (SSSR count). The lowest BCUT2D eigenvalue weighted by molar-refractivity contribution is 0.151. The van der Waals surface area contributed by atoms with Gasteiger partial charge in [-0.05, 0) is 69.1 Å². The molecule has 0 saturated heterocycles. The van der Waals surface area contributed by atoms with Gasteiger partial charge < -0.3 is 10.4 Å². The summed E-state index contributed by atoms with van der Waals surface area (Å²) in [7, 11) is 0. The fourth-order valence-electron chi connectivity index (χ4n) is 2.31. The lowest BCUT2D eigenvalue weighted by atomic mass is 10.0. The van der Waals surface area contributed by atoms with E-state index in [0.717, 1.165) is 30.6 Å². The SMILES string of the molecule is CCNC(C)(C)c1ccccn1.OC1(c2cc#ccc2)CC1. The largest absolute Gasteiger partial charge is 0.385 e. The van der Waals surface area contributed by atoms with Crippen molar-refractivity contribution in [3.05, 3.63) is 66.0 Å². The van der Waals surface area contributed by atoms with Gasteiger partial charge in [-0.2, -0.15) is 0 Å². The molecule has 1 aromatic carbocycles. The van der Waals surface area contributed by atoms with Crippen LogP contribution in [0.3, 0.4) is 0 Å². The number of rotatable bonds is 4. The minimum atomic E-state index is -0.508. The Morgan fingerprint density at radius 2 is 2.05 bits per heavy atom. The maximum Gasteiger partial charge on any atom is 0.0905 e. The third-order valence-corrected chi connectivity index (χ3v) is 3.84. The zero-order valence-electron chi connectivity index (χ0n) is 13.6. The van der Waals surface area contributed by atoms with Crippen LogP contribution in [0, 0.1) is 12.1 Å². The molecule has 0 unspecified atom stereocenters. The van der Waals surface area contributed by atoms with Gasteiger partial charge in [0, 0.05) is 6.20 Å². The maximum absolute atomic E-state index is 9.57. The molecule has 0 spiro atoms. The van der Waals surface area contributed by atoms with E-state index < -0.39 is 5.60 Å². The molecule has 116 valence electrons. The summed E-state index contributed by atoms with van der Waals surface area (Å²) in [6, 6.07) is 17.1. The molecule has 2 N–H and O–H groups in total. The molecule has 1 heterocycles. The minimum Gasteiger partial charge on any atom is -0.385 e. The molecule has 0 aliphatic heterocycles. The summed E-state index contributed by atoms with van der Waals surface area (Å²) < 4.78 is 0. The quantitative estimate of drug-likeness (QED) is 0.910. The van der Waals surface area contributed by atoms with Crippen molar-refractivity contribution >= 4 is 0 Å². The molecule has 0 bridgehead atoms. The van der Waals surface area contributed by atoms with Crippen LogP contribution in [0.4, 0.5) is 0 Å². The second-order valence-corrected chi connectivity index (χ2v) is 6.12. The first-order valence-corrected chi connectivity index (χ1v) is 7.75. The Bertz CT molecular complexity index is 563. The molecule has 1 aromatic heterocycles. The van der Waals surface area contributed by atoms with Gasteiger partial charge in [0.2, 0.25) is 0 Å². The highest BCUT2D eigenvalue weighted by atomic mass is 16.3. The lowest BCUT2D eigenvalue weighted by Gasteiger charge is -2.24. The third kappa shape index (κ3) is 4.30. The van der Waals surface area contributed by atoms with Crippen molar-refractivity contribution in [3.8, 4) is 0 Å². The van der Waals surface area contributed by atoms with Gasteiger partial charge in [0.1, 0.15) is 0 Å². The van der Waals surface area contributed by atoms with E-state index in [1.165, 1.54) is 0 Å². The Morgan fingerprint density at radius 3 is 2.55 bits per heavy atom. The summed E-state index contributed by atoms with van der Waals surface area (Å²) in [6.45, 7) is 7.34. The number of pyridine rings is 1. The van der Waals surface area contributed by atoms with E-state index in [1.807, 2.05) is 30.5 Å². The average Bonchev–Trinajstić information content (AvgIpc) is 3.29. The molecule has 0 amide bonds. The fourth-order valence-corrected chi connectivity index (χ4v) is 2.31. The molecular weight excluding hydrogens is 272 g/mol. The highest BCUT2D eigenvalue weighted by Crippen LogP contribution is 2.44. The van der Waals surface area contributed by atoms with Crippen molar-refractivity contribution in [1.82, 2.24) is 10.3 Å². The zero-order chi connectivity index (χ0) is 16.1. The topological polar surface area (TPSA) is 45.2 Å². The third-order valence-electron chi connectivity index (χ3n) is 3.84. The van der Waals surface area contributed by atoms with Crippen LogP contribution >= 0.6 is 0 Å². The second-order valence-electron chi connectivity index (χ2n) is 6.12. The number of nitrogens with one attached hydrogen (secondary N) is 1. The van der Waals surface area contributed by atoms with Crippen molar-refractivity contribution in [1.29, 1.82) is 0 Å². The summed E-state index contributed by atoms with van der Waals surface area (Å²) >= 11 is 0. The standard InChI is InChI=1S/C10H16N2.C9H8O/c1-4-12-10(2,3)9-7-5-6-8-11-9;10-9(6-7-9)8-4-2-1-3-5-8/h5-8,12H,4H2,1-3H3;2,4-5,10H,6-7H2. The number of aliphatic hydroxyl groups is 1. The molecule has 0 radical (unpaired) electrons. The summed E-state index contributed by atoms with van der Waals surface area (Å²) in [4.78, 5) is 4.31. The Morgan fingerprint density at radius 1 is 1.27 bits per heavy atom. The molecule has 1 fully saturated rings. The zero-order valence-corrected chi connectivity index (χ0v) is 13.6. The van der Waals surface area contributed by atoms with Crippen molar-refractivity contribution < 1.29 is 5.11 Å². The van der Waals surface area contributed by atoms with E-state index in [2.05, 4.69) is 43.2 Å². The van der Waals surface area contributed by atoms with Gasteiger partial charge in [0.05, 0.1) is 16.8 Å². The normalized spacial score (nSPS) is 15.3. The van der Waals surface area contributed by atoms with E-state index in [9.17, 15) is 5.11 Å². The average molecular weight is 296 g/mol. The molecule has 1 saturated carbocycles. The van der Waals surface area contributed by atoms with Gasteiger partial charge in [-0.25, -0.2) is 0 Å². The van der Waals surface area contributed by atoms with Crippen LogP contribution < -0.4 is 5.32 Å². The van der Waals surface area contributed by atoms with Crippen LogP contribution in [0.25, 0.3) is 0 Å². The van der Waals surface area contributed by atoms with Gasteiger partial charge in [-0.15, -0.1) is 0 Å². The van der Waals surface area contributed by atoms with Crippen LogP contribution in [0.2, 0.25) is 0 Å². The smallest absolute Gasteiger partial charge is 0.0905 e. The van der Waals surface area contributed by atoms with E-state index >= 15 is 0 Å². The maximum atomic E-state index is 9.57. The van der Waals surface area contributed by atoms with Crippen molar-refractivity contribution in [2.24, 2.45) is 0 Å². The Balaban J connectivity index is 0.000000162. The van der Waals surface area contributed by atoms with Crippen LogP contribution in [0.15, 0.2) is 42.6 Å². The first kappa shape index (κ1) is 16.5.